The van der Waals surface area contributed by atoms with Gasteiger partial charge in [-0.05, 0) is 41.8 Å². The molecule has 0 saturated carbocycles. The van der Waals surface area contributed by atoms with Crippen molar-refractivity contribution in [1.82, 2.24) is 20.4 Å². The summed E-state index contributed by atoms with van der Waals surface area (Å²) < 4.78 is 66.2. The Morgan fingerprint density at radius 3 is 2.42 bits per heavy atom. The van der Waals surface area contributed by atoms with Crippen molar-refractivity contribution in [2.24, 2.45) is 0 Å². The predicted molar refractivity (Wildman–Crippen MR) is 138 cm³/mol. The van der Waals surface area contributed by atoms with E-state index in [0.717, 1.165) is 12.4 Å². The summed E-state index contributed by atoms with van der Waals surface area (Å²) in [6.07, 6.45) is 0.354. The Balaban J connectivity index is 1.42. The summed E-state index contributed by atoms with van der Waals surface area (Å²) in [5.41, 5.74) is 3.11. The van der Waals surface area contributed by atoms with E-state index in [1.165, 1.54) is 48.2 Å². The molecule has 0 radical (unpaired) electrons. The van der Waals surface area contributed by atoms with Crippen LogP contribution in [-0.4, -0.2) is 65.3 Å². The zero-order chi connectivity index (χ0) is 29.1. The number of anilines is 1. The molecule has 2 aromatic carbocycles. The number of nitrogens with one attached hydrogen (secondary N) is 1. The predicted octanol–water partition coefficient (Wildman–Crippen LogP) is 3.86. The van der Waals surface area contributed by atoms with Crippen molar-refractivity contribution in [3.63, 3.8) is 0 Å². The van der Waals surface area contributed by atoms with Crippen LogP contribution >= 0.6 is 0 Å². The first-order valence-corrected chi connectivity index (χ1v) is 13.9. The van der Waals surface area contributed by atoms with E-state index in [2.05, 4.69) is 15.4 Å². The fourth-order valence-electron chi connectivity index (χ4n) is 4.28. The third-order valence-electron chi connectivity index (χ3n) is 6.41. The van der Waals surface area contributed by atoms with Gasteiger partial charge in [0.1, 0.15) is 5.82 Å². The summed E-state index contributed by atoms with van der Waals surface area (Å²) in [6, 6.07) is 10.5. The minimum atomic E-state index is -3.37. The summed E-state index contributed by atoms with van der Waals surface area (Å²) in [5.74, 6) is -4.61. The lowest BCUT2D eigenvalue weighted by molar-refractivity contribution is 0.0222. The van der Waals surface area contributed by atoms with Crippen molar-refractivity contribution < 1.29 is 36.3 Å². The molecule has 1 fully saturated rings. The molecule has 10 nitrogen and oxygen atoms in total. The molecule has 4 rings (SSSR count). The average Bonchev–Trinajstić information content (AvgIpc) is 3.26. The zero-order valence-corrected chi connectivity index (χ0v) is 22.1. The van der Waals surface area contributed by atoms with E-state index in [4.69, 9.17) is 0 Å². The van der Waals surface area contributed by atoms with E-state index in [-0.39, 0.29) is 35.1 Å². The number of hydrogen-bond donors (Lipinski definition) is 2. The van der Waals surface area contributed by atoms with Gasteiger partial charge in [-0.2, -0.15) is 0 Å². The van der Waals surface area contributed by atoms with Gasteiger partial charge in [-0.25, -0.2) is 41.4 Å². The number of carbonyl (C=O) groups excluding carboxylic acids is 1. The summed E-state index contributed by atoms with van der Waals surface area (Å²) in [7, 11) is -3.37. The molecule has 212 valence electrons. The van der Waals surface area contributed by atoms with Gasteiger partial charge < -0.3 is 10.0 Å². The summed E-state index contributed by atoms with van der Waals surface area (Å²) in [5, 5.41) is 10.2. The molecule has 14 heteroatoms. The Labute approximate surface area is 228 Å². The number of nitrogens with zero attached hydrogens (tertiary/aromatic N) is 4. The number of rotatable bonds is 8. The lowest BCUT2D eigenvalue weighted by Crippen LogP contribution is -2.46. The lowest BCUT2D eigenvalue weighted by atomic mass is 10.0. The first kappa shape index (κ1) is 28.8. The average molecular weight is 578 g/mol. The number of alkyl halides is 2. The van der Waals surface area contributed by atoms with Crippen molar-refractivity contribution in [2.75, 3.05) is 23.7 Å². The van der Waals surface area contributed by atoms with Crippen LogP contribution in [0.4, 0.5) is 23.9 Å². The first-order chi connectivity index (χ1) is 18.9. The van der Waals surface area contributed by atoms with Gasteiger partial charge in [0.05, 0.1) is 28.8 Å². The fraction of sp³-hybridized carbons (Fsp3) is 0.308. The van der Waals surface area contributed by atoms with Crippen molar-refractivity contribution in [1.29, 1.82) is 0 Å². The maximum Gasteiger partial charge on any atom is 0.426 e. The number of halogens is 3. The van der Waals surface area contributed by atoms with Crippen molar-refractivity contribution in [3.8, 4) is 0 Å². The highest BCUT2D eigenvalue weighted by molar-refractivity contribution is 7.91. The molecule has 1 aliphatic heterocycles. The van der Waals surface area contributed by atoms with E-state index < -0.39 is 52.6 Å². The molecule has 1 saturated heterocycles. The number of aromatic nitrogens is 2. The molecule has 0 aliphatic carbocycles. The Bertz CT molecular complexity index is 1490. The van der Waals surface area contributed by atoms with E-state index in [9.17, 15) is 36.3 Å². The number of hydrazine groups is 1. The van der Waals surface area contributed by atoms with Crippen LogP contribution in [0, 0.1) is 5.82 Å². The standard InChI is InChI=1S/C26H26F3N5O5S/c1-2-40(38,39)21-8-6-17(7-9-21)10-11-34(25(36)37)32-23(35)19-14-30-24(31-15-19)33-16-26(28,29)13-22(33)18-4-3-5-20(27)12-18/h3-9,12,14-15,22H,2,10-11,13,16H2,1H3,(H,32,35)(H,36,37). The van der Waals surface area contributed by atoms with E-state index in [0.29, 0.717) is 16.1 Å². The minimum absolute atomic E-state index is 0.0477. The summed E-state index contributed by atoms with van der Waals surface area (Å²) in [4.78, 5) is 33.8. The second-order valence-corrected chi connectivity index (χ2v) is 11.5. The third-order valence-corrected chi connectivity index (χ3v) is 8.17. The van der Waals surface area contributed by atoms with Crippen LogP contribution in [0.2, 0.25) is 0 Å². The highest BCUT2D eigenvalue weighted by atomic mass is 32.2. The van der Waals surface area contributed by atoms with Crippen molar-refractivity contribution in [2.45, 2.75) is 36.6 Å². The number of hydrogen-bond acceptors (Lipinski definition) is 7. The zero-order valence-electron chi connectivity index (χ0n) is 21.3. The van der Waals surface area contributed by atoms with Crippen LogP contribution in [0.5, 0.6) is 0 Å². The van der Waals surface area contributed by atoms with Crippen LogP contribution in [0.3, 0.4) is 0 Å². The summed E-state index contributed by atoms with van der Waals surface area (Å²) >= 11 is 0. The SMILES string of the molecule is CCS(=O)(=O)c1ccc(CCN(NC(=O)c2cnc(N3CC(F)(F)CC3c3cccc(F)c3)nc2)C(=O)O)cc1. The van der Waals surface area contributed by atoms with Crippen molar-refractivity contribution >= 4 is 27.8 Å². The van der Waals surface area contributed by atoms with E-state index >= 15 is 0 Å². The summed E-state index contributed by atoms with van der Waals surface area (Å²) in [6.45, 7) is 0.694. The van der Waals surface area contributed by atoms with Crippen LogP contribution < -0.4 is 10.3 Å². The fourth-order valence-corrected chi connectivity index (χ4v) is 5.17. The van der Waals surface area contributed by atoms with Crippen molar-refractivity contribution in [3.05, 3.63) is 83.4 Å². The number of carboxylic acid groups (broad SMARTS) is 1. The number of sulfone groups is 1. The largest absolute Gasteiger partial charge is 0.464 e. The number of carbonyl (C=O) groups is 2. The Morgan fingerprint density at radius 1 is 1.15 bits per heavy atom. The molecular formula is C26H26F3N5O5S. The maximum absolute atomic E-state index is 14.3. The first-order valence-electron chi connectivity index (χ1n) is 12.2. The van der Waals surface area contributed by atoms with E-state index in [1.54, 1.807) is 12.1 Å². The normalized spacial score (nSPS) is 16.5. The Morgan fingerprint density at radius 2 is 1.82 bits per heavy atom. The minimum Gasteiger partial charge on any atom is -0.464 e. The van der Waals surface area contributed by atoms with Crippen LogP contribution in [0.15, 0.2) is 65.8 Å². The van der Waals surface area contributed by atoms with Gasteiger partial charge >= 0.3 is 6.09 Å². The molecule has 3 aromatic rings. The van der Waals surface area contributed by atoms with Gasteiger partial charge in [0.2, 0.25) is 5.95 Å². The molecule has 1 aromatic heterocycles. The highest BCUT2D eigenvalue weighted by Gasteiger charge is 2.46. The lowest BCUT2D eigenvalue weighted by Gasteiger charge is -2.24. The molecule has 1 aliphatic rings. The molecule has 0 bridgehead atoms. The van der Waals surface area contributed by atoms with Crippen LogP contribution in [-0.2, 0) is 16.3 Å². The maximum atomic E-state index is 14.3. The van der Waals surface area contributed by atoms with Gasteiger partial charge in [0.25, 0.3) is 11.8 Å². The second kappa shape index (κ2) is 11.5. The molecule has 2 heterocycles. The molecular weight excluding hydrogens is 551 g/mol. The highest BCUT2D eigenvalue weighted by Crippen LogP contribution is 2.42. The van der Waals surface area contributed by atoms with E-state index in [1.807, 2.05) is 0 Å². The van der Waals surface area contributed by atoms with Crippen LogP contribution in [0.1, 0.15) is 40.9 Å². The number of amides is 2. The quantitative estimate of drug-likeness (QED) is 0.386. The monoisotopic (exact) mass is 577 g/mol. The molecule has 2 N–H and O–H groups in total. The smallest absolute Gasteiger partial charge is 0.426 e. The van der Waals surface area contributed by atoms with Crippen LogP contribution in [0.25, 0.3) is 0 Å². The Kier molecular flexibility index (Phi) is 8.28. The topological polar surface area (TPSA) is 133 Å². The van der Waals surface area contributed by atoms with Gasteiger partial charge in [0, 0.05) is 25.4 Å². The molecule has 1 unspecified atom stereocenters. The van der Waals surface area contributed by atoms with Gasteiger partial charge in [-0.1, -0.05) is 31.2 Å². The third kappa shape index (κ3) is 6.68. The number of benzene rings is 2. The molecule has 0 spiro atoms. The van der Waals surface area contributed by atoms with Gasteiger partial charge in [-0.15, -0.1) is 0 Å². The van der Waals surface area contributed by atoms with Gasteiger partial charge in [-0.3, -0.25) is 10.2 Å². The second-order valence-electron chi connectivity index (χ2n) is 9.20. The van der Waals surface area contributed by atoms with Gasteiger partial charge in [0.15, 0.2) is 9.84 Å². The molecule has 2 amide bonds. The molecule has 40 heavy (non-hydrogen) atoms. The molecule has 1 atom stereocenters. The Hall–Kier alpha value is -4.20.